The van der Waals surface area contributed by atoms with Gasteiger partial charge >= 0.3 is 0 Å². The van der Waals surface area contributed by atoms with Crippen LogP contribution in [0.2, 0.25) is 0 Å². The zero-order valence-corrected chi connectivity index (χ0v) is 18.4. The Morgan fingerprint density at radius 3 is 2.38 bits per heavy atom. The quantitative estimate of drug-likeness (QED) is 0.389. The molecular formula is C27H27NO4. The van der Waals surface area contributed by atoms with E-state index >= 15 is 0 Å². The third kappa shape index (κ3) is 4.05. The molecule has 0 saturated heterocycles. The van der Waals surface area contributed by atoms with E-state index in [9.17, 15) is 15.0 Å². The van der Waals surface area contributed by atoms with Crippen LogP contribution in [0.25, 0.3) is 22.3 Å². The van der Waals surface area contributed by atoms with Gasteiger partial charge in [0.1, 0.15) is 17.4 Å². The topological polar surface area (TPSA) is 82.7 Å². The van der Waals surface area contributed by atoms with Crippen LogP contribution in [-0.2, 0) is 0 Å². The summed E-state index contributed by atoms with van der Waals surface area (Å²) in [6.45, 7) is 5.37. The van der Waals surface area contributed by atoms with Crippen LogP contribution in [0.5, 0.6) is 0 Å². The highest BCUT2D eigenvalue weighted by Gasteiger charge is 2.20. The Bertz CT molecular complexity index is 1310. The summed E-state index contributed by atoms with van der Waals surface area (Å²) in [5.74, 6) is 0.566. The maximum atomic E-state index is 13.2. The number of aliphatic hydroxyl groups is 2. The van der Waals surface area contributed by atoms with E-state index in [-0.39, 0.29) is 18.1 Å². The van der Waals surface area contributed by atoms with E-state index in [1.165, 1.54) is 0 Å². The van der Waals surface area contributed by atoms with Crippen LogP contribution in [0, 0.1) is 13.8 Å². The summed E-state index contributed by atoms with van der Waals surface area (Å²) in [7, 11) is 0. The molecule has 1 aromatic heterocycles. The van der Waals surface area contributed by atoms with E-state index < -0.39 is 6.10 Å². The van der Waals surface area contributed by atoms with E-state index in [2.05, 4.69) is 5.32 Å². The molecule has 0 aliphatic heterocycles. The van der Waals surface area contributed by atoms with Gasteiger partial charge in [-0.3, -0.25) is 4.79 Å². The first-order chi connectivity index (χ1) is 15.4. The van der Waals surface area contributed by atoms with Crippen molar-refractivity contribution in [1.29, 1.82) is 0 Å². The molecule has 2 atom stereocenters. The van der Waals surface area contributed by atoms with E-state index in [1.807, 2.05) is 74.5 Å². The van der Waals surface area contributed by atoms with Gasteiger partial charge in [-0.1, -0.05) is 54.6 Å². The lowest BCUT2D eigenvalue weighted by atomic mass is 9.98. The molecule has 5 heteroatoms. The van der Waals surface area contributed by atoms with Crippen LogP contribution in [0.1, 0.15) is 41.3 Å². The summed E-state index contributed by atoms with van der Waals surface area (Å²) in [6, 6.07) is 20.6. The SMILES string of the molecule is Cc1cc(C(C)Nc2ccccc2C(O)CO)c2oc(-c3ccccc3)c(C)c(=O)c2c1. The minimum Gasteiger partial charge on any atom is -0.455 e. The molecule has 4 aromatic rings. The summed E-state index contributed by atoms with van der Waals surface area (Å²) in [5, 5.41) is 23.6. The van der Waals surface area contributed by atoms with Gasteiger partial charge in [-0.05, 0) is 38.5 Å². The lowest BCUT2D eigenvalue weighted by Crippen LogP contribution is -2.14. The summed E-state index contributed by atoms with van der Waals surface area (Å²) < 4.78 is 6.37. The monoisotopic (exact) mass is 429 g/mol. The number of nitrogens with one attached hydrogen (secondary N) is 1. The van der Waals surface area contributed by atoms with Crippen LogP contribution in [0.3, 0.4) is 0 Å². The van der Waals surface area contributed by atoms with E-state index in [1.54, 1.807) is 13.0 Å². The number of hydrogen-bond acceptors (Lipinski definition) is 5. The molecule has 0 aliphatic rings. The van der Waals surface area contributed by atoms with Crippen LogP contribution < -0.4 is 10.7 Å². The normalized spacial score (nSPS) is 13.2. The van der Waals surface area contributed by atoms with Crippen molar-refractivity contribution in [3.8, 4) is 11.3 Å². The number of benzene rings is 3. The van der Waals surface area contributed by atoms with Crippen molar-refractivity contribution in [3.05, 3.63) is 99.2 Å². The second-order valence-corrected chi connectivity index (χ2v) is 8.13. The van der Waals surface area contributed by atoms with Gasteiger partial charge in [0.05, 0.1) is 18.0 Å². The van der Waals surface area contributed by atoms with Crippen molar-refractivity contribution in [3.63, 3.8) is 0 Å². The van der Waals surface area contributed by atoms with Crippen molar-refractivity contribution < 1.29 is 14.6 Å². The Morgan fingerprint density at radius 1 is 0.969 bits per heavy atom. The molecule has 0 bridgehead atoms. The molecule has 0 amide bonds. The van der Waals surface area contributed by atoms with Crippen molar-refractivity contribution >= 4 is 16.7 Å². The van der Waals surface area contributed by atoms with Gasteiger partial charge in [-0.25, -0.2) is 0 Å². The fraction of sp³-hybridized carbons (Fsp3) is 0.222. The largest absolute Gasteiger partial charge is 0.455 e. The predicted octanol–water partition coefficient (Wildman–Crippen LogP) is 5.28. The molecule has 3 aromatic carbocycles. The van der Waals surface area contributed by atoms with Crippen molar-refractivity contribution in [1.82, 2.24) is 0 Å². The predicted molar refractivity (Wildman–Crippen MR) is 128 cm³/mol. The van der Waals surface area contributed by atoms with E-state index in [0.29, 0.717) is 33.5 Å². The molecule has 0 aliphatic carbocycles. The Balaban J connectivity index is 1.86. The highest BCUT2D eigenvalue weighted by atomic mass is 16.3. The summed E-state index contributed by atoms with van der Waals surface area (Å²) in [4.78, 5) is 13.2. The molecule has 2 unspecified atom stereocenters. The molecule has 0 spiro atoms. The number of aliphatic hydroxyl groups excluding tert-OH is 2. The summed E-state index contributed by atoms with van der Waals surface area (Å²) in [6.07, 6.45) is -0.981. The molecule has 0 saturated carbocycles. The van der Waals surface area contributed by atoms with Gasteiger partial charge in [-0.2, -0.15) is 0 Å². The highest BCUT2D eigenvalue weighted by molar-refractivity contribution is 5.84. The van der Waals surface area contributed by atoms with Gasteiger partial charge in [0.15, 0.2) is 5.43 Å². The number of hydrogen-bond donors (Lipinski definition) is 3. The van der Waals surface area contributed by atoms with Crippen molar-refractivity contribution in [2.75, 3.05) is 11.9 Å². The lowest BCUT2D eigenvalue weighted by molar-refractivity contribution is 0.0961. The van der Waals surface area contributed by atoms with Gasteiger partial charge in [0, 0.05) is 27.9 Å². The first-order valence-electron chi connectivity index (χ1n) is 10.7. The molecule has 32 heavy (non-hydrogen) atoms. The number of para-hydroxylation sites is 1. The van der Waals surface area contributed by atoms with Crippen molar-refractivity contribution in [2.24, 2.45) is 0 Å². The van der Waals surface area contributed by atoms with Gasteiger partial charge in [-0.15, -0.1) is 0 Å². The zero-order chi connectivity index (χ0) is 22.8. The van der Waals surface area contributed by atoms with Gasteiger partial charge < -0.3 is 19.9 Å². The Morgan fingerprint density at radius 2 is 1.66 bits per heavy atom. The molecule has 1 heterocycles. The number of rotatable bonds is 6. The van der Waals surface area contributed by atoms with Crippen LogP contribution >= 0.6 is 0 Å². The van der Waals surface area contributed by atoms with Gasteiger partial charge in [0.25, 0.3) is 0 Å². The van der Waals surface area contributed by atoms with E-state index in [4.69, 9.17) is 4.42 Å². The Hall–Kier alpha value is -3.41. The summed E-state index contributed by atoms with van der Waals surface area (Å²) >= 11 is 0. The third-order valence-corrected chi connectivity index (χ3v) is 5.76. The highest BCUT2D eigenvalue weighted by Crippen LogP contribution is 2.33. The zero-order valence-electron chi connectivity index (χ0n) is 18.4. The Kier molecular flexibility index (Phi) is 6.12. The molecular weight excluding hydrogens is 402 g/mol. The smallest absolute Gasteiger partial charge is 0.196 e. The molecule has 3 N–H and O–H groups in total. The maximum absolute atomic E-state index is 13.2. The van der Waals surface area contributed by atoms with Crippen LogP contribution in [-0.4, -0.2) is 16.8 Å². The van der Waals surface area contributed by atoms with Gasteiger partial charge in [0.2, 0.25) is 0 Å². The second kappa shape index (κ2) is 8.99. The van der Waals surface area contributed by atoms with Crippen LogP contribution in [0.4, 0.5) is 5.69 Å². The minimum absolute atomic E-state index is 0.0432. The fourth-order valence-electron chi connectivity index (χ4n) is 4.08. The lowest BCUT2D eigenvalue weighted by Gasteiger charge is -2.22. The molecule has 4 rings (SSSR count). The van der Waals surface area contributed by atoms with Crippen molar-refractivity contribution in [2.45, 2.75) is 32.9 Å². The molecule has 164 valence electrons. The first-order valence-corrected chi connectivity index (χ1v) is 10.7. The van der Waals surface area contributed by atoms with Crippen LogP contribution in [0.15, 0.2) is 75.9 Å². The average molecular weight is 430 g/mol. The number of anilines is 1. The number of fused-ring (bicyclic) bond motifs is 1. The molecule has 0 radical (unpaired) electrons. The molecule has 5 nitrogen and oxygen atoms in total. The average Bonchev–Trinajstić information content (AvgIpc) is 2.81. The third-order valence-electron chi connectivity index (χ3n) is 5.76. The fourth-order valence-corrected chi connectivity index (χ4v) is 4.08. The molecule has 0 fully saturated rings. The first kappa shape index (κ1) is 21.8. The summed E-state index contributed by atoms with van der Waals surface area (Å²) in [5.41, 5.74) is 5.08. The van der Waals surface area contributed by atoms with E-state index in [0.717, 1.165) is 16.7 Å². The Labute approximate surface area is 187 Å². The standard InChI is InChI=1S/C27H27NO4/c1-16-13-21(18(3)28-23-12-8-7-11-20(23)24(30)15-29)27-22(14-16)25(31)17(2)26(32-27)19-9-5-4-6-10-19/h4-14,18,24,28-30H,15H2,1-3H3. The maximum Gasteiger partial charge on any atom is 0.196 e. The minimum atomic E-state index is -0.981. The second-order valence-electron chi connectivity index (χ2n) is 8.13. The number of aryl methyl sites for hydroxylation is 1.